The zero-order valence-electron chi connectivity index (χ0n) is 17.9. The van der Waals surface area contributed by atoms with Crippen LogP contribution >= 0.6 is 11.3 Å². The van der Waals surface area contributed by atoms with E-state index in [4.69, 9.17) is 0 Å². The molecule has 9 heteroatoms. The number of nitrogens with one attached hydrogen (secondary N) is 1. The second-order valence-electron chi connectivity index (χ2n) is 8.54. The van der Waals surface area contributed by atoms with Crippen molar-refractivity contribution >= 4 is 28.3 Å². The topological polar surface area (TPSA) is 82.9 Å². The number of aromatic nitrogens is 5. The monoisotopic (exact) mass is 446 g/mol. The highest BCUT2D eigenvalue weighted by Gasteiger charge is 2.37. The summed E-state index contributed by atoms with van der Waals surface area (Å²) in [5, 5.41) is 5.59. The molecule has 0 atom stereocenters. The van der Waals surface area contributed by atoms with Gasteiger partial charge in [0.15, 0.2) is 0 Å². The molecular weight excluding hydrogens is 422 g/mol. The van der Waals surface area contributed by atoms with Gasteiger partial charge in [-0.1, -0.05) is 0 Å². The zero-order valence-corrected chi connectivity index (χ0v) is 18.7. The highest BCUT2D eigenvalue weighted by atomic mass is 32.1. The van der Waals surface area contributed by atoms with Gasteiger partial charge in [0, 0.05) is 60.4 Å². The van der Waals surface area contributed by atoms with Crippen molar-refractivity contribution < 1.29 is 4.79 Å². The van der Waals surface area contributed by atoms with Crippen molar-refractivity contribution in [1.82, 2.24) is 34.5 Å². The number of rotatable bonds is 4. The third kappa shape index (κ3) is 3.41. The molecule has 0 bridgehead atoms. The molecule has 4 aromatic rings. The van der Waals surface area contributed by atoms with Crippen LogP contribution in [0.25, 0.3) is 22.3 Å². The van der Waals surface area contributed by atoms with Gasteiger partial charge in [0.1, 0.15) is 18.0 Å². The first-order valence-electron chi connectivity index (χ1n) is 10.9. The van der Waals surface area contributed by atoms with Gasteiger partial charge in [-0.3, -0.25) is 14.4 Å². The number of carbonyl (C=O) groups excluding carboxylic acids is 1. The number of carbonyl (C=O) groups is 1. The van der Waals surface area contributed by atoms with E-state index >= 15 is 0 Å². The van der Waals surface area contributed by atoms with Gasteiger partial charge >= 0.3 is 0 Å². The van der Waals surface area contributed by atoms with Gasteiger partial charge < -0.3 is 9.88 Å². The van der Waals surface area contributed by atoms with Gasteiger partial charge in [-0.15, -0.1) is 11.3 Å². The minimum Gasteiger partial charge on any atom is -0.346 e. The van der Waals surface area contributed by atoms with Crippen LogP contribution in [-0.2, 0) is 0 Å². The van der Waals surface area contributed by atoms with E-state index in [1.165, 1.54) is 10.9 Å². The Kier molecular flexibility index (Phi) is 4.80. The second-order valence-corrected chi connectivity index (χ2v) is 9.83. The molecule has 1 radical (unpaired) electrons. The fraction of sp³-hybridized carbons (Fsp3) is 0.348. The van der Waals surface area contributed by atoms with Crippen molar-refractivity contribution in [2.45, 2.75) is 25.8 Å². The predicted octanol–water partition coefficient (Wildman–Crippen LogP) is 3.19. The quantitative estimate of drug-likeness (QED) is 0.521. The first-order valence-corrected chi connectivity index (χ1v) is 11.8. The molecule has 0 aliphatic carbocycles. The number of hydrogen-bond donors (Lipinski definition) is 1. The third-order valence-electron chi connectivity index (χ3n) is 6.52. The van der Waals surface area contributed by atoms with Crippen LogP contribution in [0.5, 0.6) is 0 Å². The molecule has 2 aliphatic heterocycles. The second kappa shape index (κ2) is 7.83. The standard InChI is InChI=1S/C23H24N7OS/c1-15-2-3-20(32-15)23(31)28-8-5-17(6-9-28)29-12-18(13-29)30-11-16(10-27-30)21-19-4-7-24-22(19)26-14-25-21/h2-4,7,10-11,14,17H,5-6,8-9,12-13H2,1H3,(H,24,25,26). The van der Waals surface area contributed by atoms with Crippen molar-refractivity contribution in [2.24, 2.45) is 0 Å². The molecule has 0 saturated carbocycles. The Hall–Kier alpha value is -3.04. The van der Waals surface area contributed by atoms with Crippen LogP contribution < -0.4 is 0 Å². The first-order chi connectivity index (χ1) is 15.7. The summed E-state index contributed by atoms with van der Waals surface area (Å²) in [5.41, 5.74) is 2.74. The Morgan fingerprint density at radius 2 is 2.00 bits per heavy atom. The van der Waals surface area contributed by atoms with Crippen LogP contribution in [0.1, 0.15) is 27.4 Å². The average Bonchev–Trinajstić information content (AvgIpc) is 3.53. The van der Waals surface area contributed by atoms with E-state index in [0.29, 0.717) is 6.04 Å². The van der Waals surface area contributed by atoms with Gasteiger partial charge in [-0.05, 0) is 38.0 Å². The largest absolute Gasteiger partial charge is 0.346 e. The lowest BCUT2D eigenvalue weighted by Crippen LogP contribution is -2.56. The maximum atomic E-state index is 12.7. The molecule has 6 heterocycles. The van der Waals surface area contributed by atoms with Gasteiger partial charge in [0.2, 0.25) is 0 Å². The van der Waals surface area contributed by atoms with E-state index in [-0.39, 0.29) is 5.91 Å². The summed E-state index contributed by atoms with van der Waals surface area (Å²) in [6.45, 7) is 5.56. The summed E-state index contributed by atoms with van der Waals surface area (Å²) >= 11 is 1.59. The number of amides is 1. The third-order valence-corrected chi connectivity index (χ3v) is 7.51. The summed E-state index contributed by atoms with van der Waals surface area (Å²) in [6.07, 6.45) is 9.46. The predicted molar refractivity (Wildman–Crippen MR) is 123 cm³/mol. The molecular formula is C23H24N7OS. The number of fused-ring (bicyclic) bond motifs is 1. The van der Waals surface area contributed by atoms with Crippen molar-refractivity contribution in [3.63, 3.8) is 0 Å². The highest BCUT2D eigenvalue weighted by molar-refractivity contribution is 7.13. The summed E-state index contributed by atoms with van der Waals surface area (Å²) < 4.78 is 1.99. The number of thiophene rings is 1. The number of aromatic amines is 1. The molecule has 1 amide bonds. The Morgan fingerprint density at radius 3 is 2.78 bits per heavy atom. The smallest absolute Gasteiger partial charge is 0.263 e. The van der Waals surface area contributed by atoms with Crippen LogP contribution in [0, 0.1) is 13.0 Å². The molecule has 4 aromatic heterocycles. The van der Waals surface area contributed by atoms with E-state index in [0.717, 1.165) is 66.2 Å². The van der Waals surface area contributed by atoms with Gasteiger partial charge in [-0.2, -0.15) is 5.10 Å². The summed E-state index contributed by atoms with van der Waals surface area (Å²) in [7, 11) is 0. The molecule has 8 nitrogen and oxygen atoms in total. The Morgan fingerprint density at radius 1 is 1.16 bits per heavy atom. The number of likely N-dealkylation sites (tertiary alicyclic amines) is 2. The number of piperidine rings is 1. The number of nitrogens with zero attached hydrogens (tertiary/aromatic N) is 6. The van der Waals surface area contributed by atoms with E-state index in [1.807, 2.05) is 47.1 Å². The molecule has 2 saturated heterocycles. The maximum Gasteiger partial charge on any atom is 0.263 e. The van der Waals surface area contributed by atoms with Crippen LogP contribution in [0.2, 0.25) is 0 Å². The normalized spacial score (nSPS) is 18.3. The minimum absolute atomic E-state index is 0.183. The Labute approximate surface area is 189 Å². The lowest BCUT2D eigenvalue weighted by Gasteiger charge is -2.46. The van der Waals surface area contributed by atoms with Gasteiger partial charge in [0.25, 0.3) is 5.91 Å². The van der Waals surface area contributed by atoms with Crippen molar-refractivity contribution in [3.8, 4) is 11.3 Å². The van der Waals surface area contributed by atoms with Gasteiger partial charge in [-0.25, -0.2) is 9.97 Å². The van der Waals surface area contributed by atoms with Crippen LogP contribution in [0.4, 0.5) is 0 Å². The molecule has 0 unspecified atom stereocenters. The average molecular weight is 447 g/mol. The summed E-state index contributed by atoms with van der Waals surface area (Å²) in [6, 6.07) is 7.80. The summed E-state index contributed by atoms with van der Waals surface area (Å²) in [5.74, 6) is 0.183. The maximum absolute atomic E-state index is 12.7. The Bertz CT molecular complexity index is 1260. The fourth-order valence-electron chi connectivity index (χ4n) is 4.69. The van der Waals surface area contributed by atoms with Crippen molar-refractivity contribution in [2.75, 3.05) is 26.2 Å². The van der Waals surface area contributed by atoms with Gasteiger partial charge in [0.05, 0.1) is 16.8 Å². The lowest BCUT2D eigenvalue weighted by atomic mass is 9.97. The molecule has 0 spiro atoms. The number of aryl methyl sites for hydroxylation is 1. The molecule has 6 rings (SSSR count). The molecule has 0 aromatic carbocycles. The van der Waals surface area contributed by atoms with Crippen LogP contribution in [-0.4, -0.2) is 72.7 Å². The molecule has 2 fully saturated rings. The van der Waals surface area contributed by atoms with Crippen molar-refractivity contribution in [1.29, 1.82) is 0 Å². The zero-order chi connectivity index (χ0) is 21.7. The SMILES string of the molecule is Cc1ccc(C(=O)N2CCC(N3C[C](n4cc(-c5ncnc6[nH]ccc56)cn4)C3)CC2)s1. The molecule has 1 N–H and O–H groups in total. The lowest BCUT2D eigenvalue weighted by molar-refractivity contribution is 0.0518. The minimum atomic E-state index is 0.183. The first kappa shape index (κ1) is 19.6. The molecule has 163 valence electrons. The number of H-pyrrole nitrogens is 1. The van der Waals surface area contributed by atoms with Crippen LogP contribution in [0.15, 0.2) is 43.1 Å². The van der Waals surface area contributed by atoms with E-state index in [2.05, 4.69) is 31.1 Å². The molecule has 2 aliphatic rings. The highest BCUT2D eigenvalue weighted by Crippen LogP contribution is 2.30. The summed E-state index contributed by atoms with van der Waals surface area (Å²) in [4.78, 5) is 31.1. The van der Waals surface area contributed by atoms with Crippen LogP contribution in [0.3, 0.4) is 0 Å². The Balaban J connectivity index is 1.05. The fourth-order valence-corrected chi connectivity index (χ4v) is 5.52. The van der Waals surface area contributed by atoms with E-state index in [1.54, 1.807) is 17.7 Å². The van der Waals surface area contributed by atoms with E-state index < -0.39 is 0 Å². The molecule has 32 heavy (non-hydrogen) atoms. The van der Waals surface area contributed by atoms with Crippen molar-refractivity contribution in [3.05, 3.63) is 58.9 Å². The van der Waals surface area contributed by atoms with E-state index in [9.17, 15) is 4.79 Å². The number of hydrogen-bond acceptors (Lipinski definition) is 6.